The van der Waals surface area contributed by atoms with Gasteiger partial charge in [0.2, 0.25) is 20.0 Å². The fraction of sp³-hybridized carbons (Fsp3) is 0.500. The van der Waals surface area contributed by atoms with Gasteiger partial charge in [-0.2, -0.15) is 10.2 Å². The van der Waals surface area contributed by atoms with Crippen molar-refractivity contribution < 1.29 is 26.3 Å². The van der Waals surface area contributed by atoms with Crippen molar-refractivity contribution >= 4 is 75.3 Å². The summed E-state index contributed by atoms with van der Waals surface area (Å²) in [5, 5.41) is 9.76. The van der Waals surface area contributed by atoms with E-state index in [2.05, 4.69) is 65.4 Å². The van der Waals surface area contributed by atoms with Crippen molar-refractivity contribution in [3.63, 3.8) is 0 Å². The summed E-state index contributed by atoms with van der Waals surface area (Å²) < 4.78 is 65.7. The molecule has 0 aliphatic carbocycles. The molecular weight excluding hydrogens is 884 g/mol. The molecule has 2 aromatic carbocycles. The highest BCUT2D eigenvalue weighted by molar-refractivity contribution is 9.10. The van der Waals surface area contributed by atoms with E-state index in [1.54, 1.807) is 51.8 Å². The minimum absolute atomic E-state index is 0.222. The Balaban J connectivity index is 0.000000314. The van der Waals surface area contributed by atoms with E-state index in [4.69, 9.17) is 32.7 Å². The summed E-state index contributed by atoms with van der Waals surface area (Å²) >= 11 is 15.7. The Kier molecular flexibility index (Phi) is 19.0. The Bertz CT molecular complexity index is 2070. The average Bonchev–Trinajstić information content (AvgIpc) is 3.55. The quantitative estimate of drug-likeness (QED) is 0.0854. The van der Waals surface area contributed by atoms with E-state index >= 15 is 0 Å². The molecule has 2 heterocycles. The van der Waals surface area contributed by atoms with Crippen molar-refractivity contribution in [3.05, 3.63) is 80.8 Å². The maximum atomic E-state index is 12.4. The molecule has 0 radical (unpaired) electrons. The molecule has 0 spiro atoms. The first-order valence-corrected chi connectivity index (χ1v) is 29.4. The summed E-state index contributed by atoms with van der Waals surface area (Å²) in [6.45, 7) is 19.9. The SMILES string of the molecule is CN(C)S(=O)(=O)c1cccc(Br)c1.Cc1cc(Cl)n(COCC[Si](C)(C)C)n1.Cc1nn(COCC[Si](C)(C)C)c(Cl)c1-c1cccc(S(=O)(=O)N(C)C)c1. The summed E-state index contributed by atoms with van der Waals surface area (Å²) in [7, 11) is -2.91. The summed E-state index contributed by atoms with van der Waals surface area (Å²) in [5.41, 5.74) is 3.09. The molecule has 0 saturated heterocycles. The number of hydrogen-bond donors (Lipinski definition) is 0. The molecule has 2 aromatic heterocycles. The third-order valence-corrected chi connectivity index (χ3v) is 16.0. The Hall–Kier alpha value is -1.91. The van der Waals surface area contributed by atoms with Gasteiger partial charge in [-0.3, -0.25) is 0 Å². The number of benzene rings is 2. The number of sulfonamides is 2. The third kappa shape index (κ3) is 16.1. The van der Waals surface area contributed by atoms with Crippen molar-refractivity contribution in [1.82, 2.24) is 28.2 Å². The number of nitrogens with zero attached hydrogens (tertiary/aromatic N) is 6. The molecule has 0 N–H and O–H groups in total. The molecule has 0 fully saturated rings. The molecule has 55 heavy (non-hydrogen) atoms. The summed E-state index contributed by atoms with van der Waals surface area (Å²) in [4.78, 5) is 0.520. The lowest BCUT2D eigenvalue weighted by molar-refractivity contribution is 0.0785. The highest BCUT2D eigenvalue weighted by Gasteiger charge is 2.21. The van der Waals surface area contributed by atoms with Crippen LogP contribution in [0.5, 0.6) is 0 Å². The van der Waals surface area contributed by atoms with Crippen LogP contribution in [0.3, 0.4) is 0 Å². The van der Waals surface area contributed by atoms with Gasteiger partial charge in [0.1, 0.15) is 23.8 Å². The Morgan fingerprint density at radius 2 is 1.18 bits per heavy atom. The van der Waals surface area contributed by atoms with Gasteiger partial charge < -0.3 is 9.47 Å². The molecule has 0 aliphatic heterocycles. The second kappa shape index (κ2) is 21.2. The van der Waals surface area contributed by atoms with E-state index in [0.29, 0.717) is 34.1 Å². The van der Waals surface area contributed by atoms with Gasteiger partial charge in [0.05, 0.1) is 21.2 Å². The lowest BCUT2D eigenvalue weighted by Gasteiger charge is -2.15. The molecule has 0 aliphatic rings. The van der Waals surface area contributed by atoms with Gasteiger partial charge in [0, 0.05) is 67.6 Å². The molecule has 0 unspecified atom stereocenters. The minimum Gasteiger partial charge on any atom is -0.359 e. The maximum Gasteiger partial charge on any atom is 0.242 e. The highest BCUT2D eigenvalue weighted by Crippen LogP contribution is 2.33. The number of hydrogen-bond acceptors (Lipinski definition) is 8. The van der Waals surface area contributed by atoms with Crippen LogP contribution in [0, 0.1) is 13.8 Å². The van der Waals surface area contributed by atoms with Crippen molar-refractivity contribution in [2.75, 3.05) is 41.4 Å². The molecule has 0 bridgehead atoms. The van der Waals surface area contributed by atoms with Gasteiger partial charge >= 0.3 is 0 Å². The Labute approximate surface area is 349 Å². The number of ether oxygens (including phenoxy) is 2. The fourth-order valence-electron chi connectivity index (χ4n) is 4.49. The highest BCUT2D eigenvalue weighted by atomic mass is 79.9. The van der Waals surface area contributed by atoms with Crippen LogP contribution in [0.4, 0.5) is 0 Å². The zero-order chi connectivity index (χ0) is 41.9. The number of aryl methyl sites for hydroxylation is 2. The normalized spacial score (nSPS) is 12.4. The number of aromatic nitrogens is 4. The van der Waals surface area contributed by atoms with Gasteiger partial charge in [-0.25, -0.2) is 34.8 Å². The van der Waals surface area contributed by atoms with E-state index in [0.717, 1.165) is 34.1 Å². The first-order chi connectivity index (χ1) is 25.3. The Morgan fingerprint density at radius 3 is 1.62 bits per heavy atom. The van der Waals surface area contributed by atoms with E-state index < -0.39 is 36.2 Å². The Morgan fingerprint density at radius 1 is 0.709 bits per heavy atom. The first kappa shape index (κ1) is 49.2. The van der Waals surface area contributed by atoms with Gasteiger partial charge in [-0.1, -0.05) is 96.6 Å². The van der Waals surface area contributed by atoms with Crippen molar-refractivity contribution in [3.8, 4) is 11.1 Å². The lowest BCUT2D eigenvalue weighted by Crippen LogP contribution is -2.22. The summed E-state index contributed by atoms with van der Waals surface area (Å²) in [6.07, 6.45) is 0. The van der Waals surface area contributed by atoms with Crippen LogP contribution >= 0.6 is 39.1 Å². The van der Waals surface area contributed by atoms with Crippen LogP contribution in [-0.2, 0) is 43.0 Å². The fourth-order valence-corrected chi connectivity index (χ4v) is 9.03. The van der Waals surface area contributed by atoms with Crippen LogP contribution in [-0.4, -0.2) is 103 Å². The van der Waals surface area contributed by atoms with E-state index in [1.807, 2.05) is 26.0 Å². The maximum absolute atomic E-state index is 12.4. The first-order valence-electron chi connectivity index (χ1n) is 17.6. The van der Waals surface area contributed by atoms with Crippen molar-refractivity contribution in [1.29, 1.82) is 0 Å². The molecule has 0 atom stereocenters. The van der Waals surface area contributed by atoms with E-state index in [-0.39, 0.29) is 11.6 Å². The molecule has 4 rings (SSSR count). The smallest absolute Gasteiger partial charge is 0.242 e. The predicted molar refractivity (Wildman–Crippen MR) is 233 cm³/mol. The molecule has 12 nitrogen and oxygen atoms in total. The summed E-state index contributed by atoms with van der Waals surface area (Å²) in [6, 6.07) is 17.5. The monoisotopic (exact) mass is 938 g/mol. The lowest BCUT2D eigenvalue weighted by atomic mass is 10.1. The largest absolute Gasteiger partial charge is 0.359 e. The van der Waals surface area contributed by atoms with Crippen molar-refractivity contribution in [2.45, 2.75) is 88.5 Å². The molecule has 4 aromatic rings. The molecule has 19 heteroatoms. The van der Waals surface area contributed by atoms with Gasteiger partial charge in [-0.15, -0.1) is 0 Å². The second-order valence-corrected chi connectivity index (χ2v) is 32.8. The molecule has 0 saturated carbocycles. The van der Waals surface area contributed by atoms with E-state index in [9.17, 15) is 16.8 Å². The van der Waals surface area contributed by atoms with Crippen LogP contribution in [0.2, 0.25) is 61.7 Å². The predicted octanol–water partition coefficient (Wildman–Crippen LogP) is 8.93. The molecular formula is C36H57BrCl2N6O6S2Si2. The number of halogens is 3. The van der Waals surface area contributed by atoms with Crippen LogP contribution in [0.1, 0.15) is 11.4 Å². The van der Waals surface area contributed by atoms with Crippen LogP contribution < -0.4 is 0 Å². The van der Waals surface area contributed by atoms with Gasteiger partial charge in [0.15, 0.2) is 0 Å². The number of rotatable bonds is 15. The average molecular weight is 941 g/mol. The van der Waals surface area contributed by atoms with E-state index in [1.165, 1.54) is 42.8 Å². The standard InChI is InChI=1S/C18H28ClN3O3SSi.C10H19ClN2OSi.C8H10BrNO2S/c1-14-17(15-8-7-9-16(12-15)26(23,24)21(2)3)18(19)22(20-14)13-25-10-11-27(4,5)6;1-9-7-10(11)13(12-9)8-14-5-6-15(2,3)4;1-10(2)13(11,12)8-5-3-4-7(9)6-8/h7-9,12H,10-11,13H2,1-6H3;7H,5-6,8H2,1-4H3;3-6H,1-2H3. The third-order valence-electron chi connectivity index (χ3n) is 7.81. The topological polar surface area (TPSA) is 129 Å². The van der Waals surface area contributed by atoms with Crippen LogP contribution in [0.25, 0.3) is 11.1 Å². The van der Waals surface area contributed by atoms with Crippen LogP contribution in [0.15, 0.2) is 68.9 Å². The zero-order valence-corrected chi connectivity index (χ0v) is 40.8. The minimum atomic E-state index is -3.52. The van der Waals surface area contributed by atoms with Gasteiger partial charge in [-0.05, 0) is 67.9 Å². The second-order valence-electron chi connectivity index (χ2n) is 15.6. The van der Waals surface area contributed by atoms with Gasteiger partial charge in [0.25, 0.3) is 0 Å². The molecule has 308 valence electrons. The summed E-state index contributed by atoms with van der Waals surface area (Å²) in [5.74, 6) is 0. The zero-order valence-electron chi connectivity index (χ0n) is 34.0. The molecule has 0 amide bonds. The van der Waals surface area contributed by atoms with Crippen molar-refractivity contribution in [2.24, 2.45) is 0 Å².